The van der Waals surface area contributed by atoms with E-state index in [4.69, 9.17) is 0 Å². The molecule has 0 aliphatic rings. The molecular formula is C11H15N3O3S. The van der Waals surface area contributed by atoms with Crippen molar-refractivity contribution in [1.29, 1.82) is 0 Å². The lowest BCUT2D eigenvalue weighted by atomic mass is 10.3. The van der Waals surface area contributed by atoms with Crippen LogP contribution in [0.1, 0.15) is 19.8 Å². The van der Waals surface area contributed by atoms with Gasteiger partial charge in [0.1, 0.15) is 0 Å². The molecule has 1 rings (SSSR count). The van der Waals surface area contributed by atoms with E-state index in [0.717, 1.165) is 29.7 Å². The minimum Gasteiger partial charge on any atom is -0.337 e. The highest BCUT2D eigenvalue weighted by molar-refractivity contribution is 7.98. The number of nitro groups is 1. The summed E-state index contributed by atoms with van der Waals surface area (Å²) in [6.45, 7) is 2.69. The molecule has 0 radical (unpaired) electrons. The maximum Gasteiger partial charge on any atom is 0.325 e. The lowest BCUT2D eigenvalue weighted by molar-refractivity contribution is -0.384. The van der Waals surface area contributed by atoms with Crippen LogP contribution in [0.2, 0.25) is 0 Å². The third-order valence-corrected chi connectivity index (χ3v) is 2.92. The summed E-state index contributed by atoms with van der Waals surface area (Å²) in [5.74, 6) is 0. The first-order valence-electron chi connectivity index (χ1n) is 5.58. The summed E-state index contributed by atoms with van der Waals surface area (Å²) < 4.78 is 2.60. The van der Waals surface area contributed by atoms with Crippen LogP contribution in [0.5, 0.6) is 0 Å². The van der Waals surface area contributed by atoms with E-state index in [1.165, 1.54) is 12.1 Å². The lowest BCUT2D eigenvalue weighted by Crippen LogP contribution is -2.31. The van der Waals surface area contributed by atoms with E-state index in [1.807, 2.05) is 6.92 Å². The third-order valence-electron chi connectivity index (χ3n) is 2.13. The Kier molecular flexibility index (Phi) is 5.99. The van der Waals surface area contributed by atoms with Gasteiger partial charge in [-0.15, -0.1) is 0 Å². The quantitative estimate of drug-likeness (QED) is 0.360. The zero-order chi connectivity index (χ0) is 13.4. The Balaban J connectivity index is 2.34. The maximum absolute atomic E-state index is 11.3. The predicted molar refractivity (Wildman–Crippen MR) is 70.4 cm³/mol. The molecule has 0 unspecified atom stereocenters. The Labute approximate surface area is 109 Å². The van der Waals surface area contributed by atoms with Gasteiger partial charge in [-0.25, -0.2) is 4.79 Å². The number of hydrogen-bond donors (Lipinski definition) is 2. The van der Waals surface area contributed by atoms with Gasteiger partial charge in [0.15, 0.2) is 0 Å². The van der Waals surface area contributed by atoms with E-state index in [9.17, 15) is 14.9 Å². The van der Waals surface area contributed by atoms with Crippen molar-refractivity contribution < 1.29 is 9.72 Å². The molecule has 2 amide bonds. The number of nitrogens with one attached hydrogen (secondary N) is 2. The predicted octanol–water partition coefficient (Wildman–Crippen LogP) is 2.70. The Morgan fingerprint density at radius 1 is 1.39 bits per heavy atom. The molecule has 0 aromatic heterocycles. The van der Waals surface area contributed by atoms with Crippen LogP contribution in [0, 0.1) is 10.1 Å². The van der Waals surface area contributed by atoms with E-state index in [2.05, 4.69) is 10.0 Å². The van der Waals surface area contributed by atoms with Crippen LogP contribution in [-0.4, -0.2) is 17.5 Å². The number of carbonyl (C=O) groups is 1. The van der Waals surface area contributed by atoms with Gasteiger partial charge in [-0.2, -0.15) is 0 Å². The molecule has 0 fully saturated rings. The fourth-order valence-corrected chi connectivity index (χ4v) is 1.71. The first kappa shape index (κ1) is 14.3. The summed E-state index contributed by atoms with van der Waals surface area (Å²) >= 11 is 1.12. The van der Waals surface area contributed by atoms with Crippen molar-refractivity contribution in [2.75, 3.05) is 6.54 Å². The highest BCUT2D eigenvalue weighted by Crippen LogP contribution is 2.18. The van der Waals surface area contributed by atoms with Crippen molar-refractivity contribution >= 4 is 23.7 Å². The second kappa shape index (κ2) is 7.54. The molecule has 0 heterocycles. The molecular weight excluding hydrogens is 254 g/mol. The summed E-state index contributed by atoms with van der Waals surface area (Å²) in [6.07, 6.45) is 1.96. The first-order valence-corrected chi connectivity index (χ1v) is 6.40. The second-order valence-corrected chi connectivity index (χ2v) is 4.44. The van der Waals surface area contributed by atoms with Crippen LogP contribution in [0.3, 0.4) is 0 Å². The molecule has 7 heteroatoms. The number of amides is 2. The number of non-ortho nitro benzene ring substituents is 1. The summed E-state index contributed by atoms with van der Waals surface area (Å²) in [5.41, 5.74) is 0.0340. The minimum atomic E-state index is -0.459. The Bertz CT molecular complexity index is 408. The number of carbonyl (C=O) groups excluding carboxylic acids is 1. The number of unbranched alkanes of at least 4 members (excludes halogenated alkanes) is 1. The molecule has 0 saturated heterocycles. The maximum atomic E-state index is 11.3. The van der Waals surface area contributed by atoms with E-state index >= 15 is 0 Å². The molecule has 18 heavy (non-hydrogen) atoms. The molecule has 98 valence electrons. The number of nitro benzene ring substituents is 1. The normalized spacial score (nSPS) is 9.83. The number of urea groups is 1. The van der Waals surface area contributed by atoms with E-state index in [0.29, 0.717) is 6.54 Å². The van der Waals surface area contributed by atoms with E-state index in [-0.39, 0.29) is 11.7 Å². The molecule has 1 aromatic rings. The number of nitrogens with zero attached hydrogens (tertiary/aromatic N) is 1. The van der Waals surface area contributed by atoms with Gasteiger partial charge in [0.2, 0.25) is 0 Å². The average Bonchev–Trinajstić information content (AvgIpc) is 2.37. The third kappa shape index (κ3) is 5.05. The first-order chi connectivity index (χ1) is 8.63. The number of rotatable bonds is 6. The molecule has 0 bridgehead atoms. The highest BCUT2D eigenvalue weighted by atomic mass is 32.2. The van der Waals surface area contributed by atoms with Gasteiger partial charge < -0.3 is 5.32 Å². The molecule has 0 aliphatic heterocycles. The molecule has 0 aliphatic carbocycles. The van der Waals surface area contributed by atoms with E-state index in [1.54, 1.807) is 12.1 Å². The SMILES string of the molecule is CCCCNC(=O)NSc1ccc([N+](=O)[O-])cc1. The fraction of sp³-hybridized carbons (Fsp3) is 0.364. The van der Waals surface area contributed by atoms with Crippen molar-refractivity contribution in [2.45, 2.75) is 24.7 Å². The van der Waals surface area contributed by atoms with Crippen molar-refractivity contribution in [1.82, 2.24) is 10.0 Å². The summed E-state index contributed by atoms with van der Waals surface area (Å²) in [6, 6.07) is 5.73. The molecule has 0 saturated carbocycles. The summed E-state index contributed by atoms with van der Waals surface area (Å²) in [4.78, 5) is 22.0. The minimum absolute atomic E-state index is 0.0340. The molecule has 0 atom stereocenters. The van der Waals surface area contributed by atoms with Gasteiger partial charge in [0.25, 0.3) is 5.69 Å². The summed E-state index contributed by atoms with van der Waals surface area (Å²) in [5, 5.41) is 13.1. The summed E-state index contributed by atoms with van der Waals surface area (Å²) in [7, 11) is 0. The lowest BCUT2D eigenvalue weighted by Gasteiger charge is -2.05. The second-order valence-electron chi connectivity index (χ2n) is 3.56. The van der Waals surface area contributed by atoms with Crippen LogP contribution in [-0.2, 0) is 0 Å². The van der Waals surface area contributed by atoms with Crippen LogP contribution >= 0.6 is 11.9 Å². The van der Waals surface area contributed by atoms with Gasteiger partial charge in [-0.05, 0) is 30.5 Å². The van der Waals surface area contributed by atoms with Crippen LogP contribution in [0.4, 0.5) is 10.5 Å². The largest absolute Gasteiger partial charge is 0.337 e. The fourth-order valence-electron chi connectivity index (χ4n) is 1.16. The smallest absolute Gasteiger partial charge is 0.325 e. The van der Waals surface area contributed by atoms with E-state index < -0.39 is 4.92 Å². The van der Waals surface area contributed by atoms with Crippen molar-refractivity contribution in [2.24, 2.45) is 0 Å². The van der Waals surface area contributed by atoms with Crippen molar-refractivity contribution in [3.05, 3.63) is 34.4 Å². The van der Waals surface area contributed by atoms with Crippen molar-refractivity contribution in [3.63, 3.8) is 0 Å². The van der Waals surface area contributed by atoms with Crippen LogP contribution in [0.25, 0.3) is 0 Å². The van der Waals surface area contributed by atoms with Gasteiger partial charge in [-0.1, -0.05) is 13.3 Å². The Morgan fingerprint density at radius 3 is 2.61 bits per heavy atom. The highest BCUT2D eigenvalue weighted by Gasteiger charge is 2.05. The van der Waals surface area contributed by atoms with Gasteiger partial charge in [0, 0.05) is 23.6 Å². The standard InChI is InChI=1S/C11H15N3O3S/c1-2-3-8-12-11(15)13-18-10-6-4-9(5-7-10)14(16)17/h4-7H,2-3,8H2,1H3,(H2,12,13,15). The van der Waals surface area contributed by atoms with Gasteiger partial charge in [0.05, 0.1) is 4.92 Å². The zero-order valence-corrected chi connectivity index (χ0v) is 10.8. The topological polar surface area (TPSA) is 84.3 Å². The Morgan fingerprint density at radius 2 is 2.06 bits per heavy atom. The Hall–Kier alpha value is -1.76. The van der Waals surface area contributed by atoms with Gasteiger partial charge in [-0.3, -0.25) is 14.8 Å². The number of benzene rings is 1. The van der Waals surface area contributed by atoms with Crippen molar-refractivity contribution in [3.8, 4) is 0 Å². The molecule has 1 aromatic carbocycles. The average molecular weight is 269 g/mol. The molecule has 6 nitrogen and oxygen atoms in total. The van der Waals surface area contributed by atoms with Gasteiger partial charge >= 0.3 is 6.03 Å². The number of hydrogen-bond acceptors (Lipinski definition) is 4. The van der Waals surface area contributed by atoms with Crippen LogP contribution in [0.15, 0.2) is 29.2 Å². The molecule has 0 spiro atoms. The zero-order valence-electron chi connectivity index (χ0n) is 10.0. The van der Waals surface area contributed by atoms with Crippen LogP contribution < -0.4 is 10.0 Å². The monoisotopic (exact) mass is 269 g/mol. The molecule has 2 N–H and O–H groups in total.